The first kappa shape index (κ1) is 34.8. The van der Waals surface area contributed by atoms with Gasteiger partial charge in [-0.15, -0.1) is 0 Å². The maximum absolute atomic E-state index is 12.3. The summed E-state index contributed by atoms with van der Waals surface area (Å²) < 4.78 is 85.9. The number of alkyl halides is 6. The fourth-order valence-corrected chi connectivity index (χ4v) is 2.82. The third-order valence-electron chi connectivity index (χ3n) is 4.60. The Morgan fingerprint density at radius 2 is 1.36 bits per heavy atom. The number of carbonyl (C=O) groups is 4. The molecule has 0 spiro atoms. The van der Waals surface area contributed by atoms with Crippen LogP contribution in [0.15, 0.2) is 72.8 Å². The molecule has 42 heavy (non-hydrogen) atoms. The van der Waals surface area contributed by atoms with Crippen molar-refractivity contribution in [2.45, 2.75) is 19.3 Å². The molecule has 4 N–H and O–H groups in total. The van der Waals surface area contributed by atoms with Crippen LogP contribution in [0.2, 0.25) is 0 Å². The number of anilines is 1. The number of hydrogen-bond donors (Lipinski definition) is 4. The van der Waals surface area contributed by atoms with Gasteiger partial charge in [0, 0.05) is 18.7 Å². The van der Waals surface area contributed by atoms with Crippen LogP contribution in [-0.2, 0) is 21.9 Å². The van der Waals surface area contributed by atoms with Crippen molar-refractivity contribution in [1.29, 1.82) is 0 Å². The van der Waals surface area contributed by atoms with Crippen LogP contribution in [0.25, 0.3) is 6.08 Å². The Morgan fingerprint density at radius 3 is 1.81 bits per heavy atom. The number of nitrogens with one attached hydrogen (secondary N) is 1. The number of aromatic carboxylic acids is 2. The van der Waals surface area contributed by atoms with Crippen LogP contribution in [0.3, 0.4) is 0 Å². The van der Waals surface area contributed by atoms with Crippen molar-refractivity contribution >= 4 is 35.6 Å². The highest BCUT2D eigenvalue weighted by Gasteiger charge is 2.39. The van der Waals surface area contributed by atoms with E-state index in [0.717, 1.165) is 6.08 Å². The number of carbonyl (C=O) groups excluding carboxylic acids is 1. The molecule has 0 heterocycles. The van der Waals surface area contributed by atoms with Crippen LogP contribution in [-0.4, -0.2) is 39.1 Å². The Labute approximate surface area is 232 Å². The third-order valence-corrected chi connectivity index (χ3v) is 4.60. The van der Waals surface area contributed by atoms with Crippen molar-refractivity contribution in [2.24, 2.45) is 0 Å². The summed E-state index contributed by atoms with van der Waals surface area (Å²) in [6.07, 6.45) is -7.71. The minimum atomic E-state index is -5.16. The second-order valence-corrected chi connectivity index (χ2v) is 7.85. The summed E-state index contributed by atoms with van der Waals surface area (Å²) in [6.45, 7) is 1.37. The van der Waals surface area contributed by atoms with E-state index in [1.807, 2.05) is 0 Å². The summed E-state index contributed by atoms with van der Waals surface area (Å²) in [4.78, 5) is 41.7. The van der Waals surface area contributed by atoms with E-state index < -0.39 is 47.0 Å². The van der Waals surface area contributed by atoms with Crippen LogP contribution >= 0.6 is 0 Å². The number of carboxylic acid groups (broad SMARTS) is 3. The van der Waals surface area contributed by atoms with E-state index in [0.29, 0.717) is 17.3 Å². The number of benzene rings is 3. The monoisotopic (exact) mass is 603 g/mol. The maximum atomic E-state index is 12.3. The normalized spacial score (nSPS) is 11.0. The first-order chi connectivity index (χ1) is 19.3. The van der Waals surface area contributed by atoms with Crippen molar-refractivity contribution in [3.8, 4) is 0 Å². The van der Waals surface area contributed by atoms with Crippen LogP contribution in [0.5, 0.6) is 0 Å². The number of amides is 1. The zero-order chi connectivity index (χ0) is 32.3. The quantitative estimate of drug-likeness (QED) is 0.188. The van der Waals surface area contributed by atoms with E-state index in [1.54, 1.807) is 12.1 Å². The first-order valence-corrected chi connectivity index (χ1v) is 11.1. The zero-order valence-corrected chi connectivity index (χ0v) is 21.1. The van der Waals surface area contributed by atoms with Crippen LogP contribution in [0.4, 0.5) is 36.4 Å². The van der Waals surface area contributed by atoms with Gasteiger partial charge in [-0.1, -0.05) is 18.2 Å². The van der Waals surface area contributed by atoms with Gasteiger partial charge < -0.3 is 20.6 Å². The predicted octanol–water partition coefficient (Wildman–Crippen LogP) is 6.69. The molecular formula is C27H20F7NO7. The van der Waals surface area contributed by atoms with Crippen molar-refractivity contribution in [2.75, 3.05) is 5.32 Å². The van der Waals surface area contributed by atoms with Gasteiger partial charge in [0.1, 0.15) is 5.82 Å². The van der Waals surface area contributed by atoms with Gasteiger partial charge in [0.25, 0.3) is 0 Å². The standard InChI is InChI=1S/C9H4F6O2.C9H7FO2.C9H9NO3/c10-8(11,12)4-1-2-5(7(16)17)6(3-4)9(13,14)15;10-8-4-1-7(2-5-8)3-6-9(11)12;1-6(11)10-8-4-2-3-7(5-8)9(12)13/h1-3H,(H,16,17);1-6H,(H,11,12);2-5H,1H3,(H,10,11)(H,12,13). The van der Waals surface area contributed by atoms with E-state index in [-0.39, 0.29) is 29.4 Å². The molecule has 0 aliphatic carbocycles. The molecule has 0 saturated carbocycles. The molecule has 3 rings (SSSR count). The van der Waals surface area contributed by atoms with E-state index in [1.165, 1.54) is 49.4 Å². The molecule has 1 amide bonds. The van der Waals surface area contributed by atoms with Crippen LogP contribution in [0, 0.1) is 5.82 Å². The Balaban J connectivity index is 0.000000321. The lowest BCUT2D eigenvalue weighted by molar-refractivity contribution is -0.143. The third kappa shape index (κ3) is 12.3. The summed E-state index contributed by atoms with van der Waals surface area (Å²) in [7, 11) is 0. The minimum absolute atomic E-state index is 0.159. The number of carboxylic acids is 3. The molecule has 3 aromatic rings. The van der Waals surface area contributed by atoms with E-state index in [2.05, 4.69) is 5.32 Å². The van der Waals surface area contributed by atoms with E-state index in [9.17, 15) is 49.9 Å². The molecule has 0 unspecified atom stereocenters. The summed E-state index contributed by atoms with van der Waals surface area (Å²) in [5.41, 5.74) is -3.27. The Kier molecular flexibility index (Phi) is 12.4. The minimum Gasteiger partial charge on any atom is -0.478 e. The molecular weight excluding hydrogens is 583 g/mol. The number of rotatable bonds is 5. The van der Waals surface area contributed by atoms with Crippen LogP contribution in [0.1, 0.15) is 44.3 Å². The highest BCUT2D eigenvalue weighted by atomic mass is 19.4. The SMILES string of the molecule is CC(=O)Nc1cccc(C(=O)O)c1.O=C(O)C=Cc1ccc(F)cc1.O=C(O)c1ccc(C(F)(F)F)cc1C(F)(F)F. The van der Waals surface area contributed by atoms with Crippen LogP contribution < -0.4 is 5.32 Å². The molecule has 8 nitrogen and oxygen atoms in total. The highest BCUT2D eigenvalue weighted by Crippen LogP contribution is 2.37. The average Bonchev–Trinajstić information content (AvgIpc) is 2.87. The van der Waals surface area contributed by atoms with Crippen molar-refractivity contribution in [3.05, 3.63) is 106 Å². The maximum Gasteiger partial charge on any atom is 0.417 e. The molecule has 0 saturated heterocycles. The molecule has 15 heteroatoms. The first-order valence-electron chi connectivity index (χ1n) is 11.1. The molecule has 0 aromatic heterocycles. The summed E-state index contributed by atoms with van der Waals surface area (Å²) in [5, 5.41) is 27.8. The molecule has 0 radical (unpaired) electrons. The molecule has 0 atom stereocenters. The highest BCUT2D eigenvalue weighted by molar-refractivity contribution is 5.93. The lowest BCUT2D eigenvalue weighted by atomic mass is 10.0. The average molecular weight is 603 g/mol. The van der Waals surface area contributed by atoms with Gasteiger partial charge in [-0.2, -0.15) is 26.3 Å². The van der Waals surface area contributed by atoms with Crippen molar-refractivity contribution in [3.63, 3.8) is 0 Å². The van der Waals surface area contributed by atoms with Crippen molar-refractivity contribution in [1.82, 2.24) is 0 Å². The number of halogens is 7. The molecule has 0 aliphatic heterocycles. The fourth-order valence-electron chi connectivity index (χ4n) is 2.82. The predicted molar refractivity (Wildman–Crippen MR) is 134 cm³/mol. The van der Waals surface area contributed by atoms with Gasteiger partial charge in [0.05, 0.1) is 22.3 Å². The largest absolute Gasteiger partial charge is 0.478 e. The van der Waals surface area contributed by atoms with Gasteiger partial charge in [-0.25, -0.2) is 18.8 Å². The second-order valence-electron chi connectivity index (χ2n) is 7.85. The fraction of sp³-hybridized carbons (Fsp3) is 0.111. The lowest BCUT2D eigenvalue weighted by Gasteiger charge is -2.13. The number of hydrogen-bond acceptors (Lipinski definition) is 4. The molecule has 3 aromatic carbocycles. The smallest absolute Gasteiger partial charge is 0.417 e. The van der Waals surface area contributed by atoms with Gasteiger partial charge >= 0.3 is 30.3 Å². The van der Waals surface area contributed by atoms with Crippen molar-refractivity contribution < 1.29 is 65.2 Å². The second kappa shape index (κ2) is 15.0. The van der Waals surface area contributed by atoms with Gasteiger partial charge in [-0.05, 0) is 60.2 Å². The summed E-state index contributed by atoms with van der Waals surface area (Å²) in [5.74, 6) is -4.51. The Bertz CT molecular complexity index is 1450. The van der Waals surface area contributed by atoms with Gasteiger partial charge in [0.15, 0.2) is 0 Å². The molecule has 0 bridgehead atoms. The zero-order valence-electron chi connectivity index (χ0n) is 21.1. The van der Waals surface area contributed by atoms with E-state index in [4.69, 9.17) is 15.3 Å². The summed E-state index contributed by atoms with van der Waals surface area (Å²) >= 11 is 0. The topological polar surface area (TPSA) is 141 Å². The Hall–Kier alpha value is -5.21. The number of aliphatic carboxylic acids is 1. The van der Waals surface area contributed by atoms with Gasteiger partial charge in [0.2, 0.25) is 5.91 Å². The van der Waals surface area contributed by atoms with E-state index >= 15 is 0 Å². The lowest BCUT2D eigenvalue weighted by Crippen LogP contribution is -2.15. The Morgan fingerprint density at radius 1 is 0.762 bits per heavy atom. The van der Waals surface area contributed by atoms with Gasteiger partial charge in [-0.3, -0.25) is 4.79 Å². The molecule has 0 aliphatic rings. The summed E-state index contributed by atoms with van der Waals surface area (Å²) in [6, 6.07) is 12.0. The molecule has 0 fully saturated rings. The molecule has 224 valence electrons.